The summed E-state index contributed by atoms with van der Waals surface area (Å²) < 4.78 is 0.608. The number of fused-ring (bicyclic) bond motifs is 3. The molecule has 0 radical (unpaired) electrons. The molecular weight excluding hydrogens is 561 g/mol. The maximum absolute atomic E-state index is 13.7. The number of halogens is 1. The summed E-state index contributed by atoms with van der Waals surface area (Å²) in [5.74, 6) is -7.18. The van der Waals surface area contributed by atoms with Gasteiger partial charge in [-0.25, -0.2) is 0 Å². The maximum atomic E-state index is 13.7. The lowest BCUT2D eigenvalue weighted by Gasteiger charge is -2.50. The molecule has 3 aliphatic rings. The van der Waals surface area contributed by atoms with E-state index < -0.39 is 63.8 Å². The third-order valence-corrected chi connectivity index (χ3v) is 7.84. The first kappa shape index (κ1) is 24.2. The van der Waals surface area contributed by atoms with Crippen LogP contribution in [-0.2, 0) is 25.6 Å². The Morgan fingerprint density at radius 2 is 1.94 bits per heavy atom. The number of rotatable bonds is 4. The second kappa shape index (κ2) is 8.06. The van der Waals surface area contributed by atoms with E-state index in [9.17, 15) is 39.6 Å². The molecule has 0 saturated heterocycles. The van der Waals surface area contributed by atoms with Gasteiger partial charge in [0.2, 0.25) is 12.2 Å². The highest BCUT2D eigenvalue weighted by Crippen LogP contribution is 2.53. The van der Waals surface area contributed by atoms with Crippen molar-refractivity contribution < 1.29 is 39.6 Å². The Kier molecular flexibility index (Phi) is 5.73. The number of Topliss-reactive ketones (excluding diaryl/α,β-unsaturated/α-hetero) is 2. The van der Waals surface area contributed by atoms with Crippen LogP contribution >= 0.6 is 22.6 Å². The number of hydrogen-bond acceptors (Lipinski definition) is 9. The van der Waals surface area contributed by atoms with E-state index in [1.54, 1.807) is 0 Å². The standard InChI is InChI=1S/C22H22IN3O8/c1-26(2)15-9-4-7-3-8-10(23)5-11(25-6-27)16(28)13(8)17(29)12(7)19(31)22(9,34)20(32)14(18(15)30)21(24)33/h5-7,9,15,28-29,32,34H,3-4H2,1-2H3,(H2,24,33)(H,25,27)/t7?,9?,15-,22-/m0/s1. The highest BCUT2D eigenvalue weighted by molar-refractivity contribution is 14.1. The van der Waals surface area contributed by atoms with E-state index >= 15 is 0 Å². The van der Waals surface area contributed by atoms with Crippen LogP contribution in [0.15, 0.2) is 23.0 Å². The Bertz CT molecular complexity index is 1240. The summed E-state index contributed by atoms with van der Waals surface area (Å²) in [6, 6.07) is 0.382. The largest absolute Gasteiger partial charge is 0.508 e. The van der Waals surface area contributed by atoms with E-state index in [-0.39, 0.29) is 29.7 Å². The smallest absolute Gasteiger partial charge is 0.255 e. The number of aliphatic hydroxyl groups is 3. The zero-order chi connectivity index (χ0) is 25.3. The molecule has 0 aromatic heterocycles. The SMILES string of the molecule is CN(C)[C@@H]1C(=O)C(C(N)=O)=C(O)[C@@]2(O)C(=O)C3=C(O)c4c(O)c(NC=O)cc(I)c4CC3CC12. The Morgan fingerprint density at radius 1 is 1.29 bits per heavy atom. The number of benzene rings is 1. The van der Waals surface area contributed by atoms with Crippen molar-refractivity contribution >= 4 is 57.9 Å². The van der Waals surface area contributed by atoms with Gasteiger partial charge in [-0.15, -0.1) is 0 Å². The van der Waals surface area contributed by atoms with Gasteiger partial charge >= 0.3 is 0 Å². The Labute approximate surface area is 207 Å². The van der Waals surface area contributed by atoms with E-state index in [4.69, 9.17) is 5.73 Å². The molecule has 3 aliphatic carbocycles. The van der Waals surface area contributed by atoms with Crippen molar-refractivity contribution in [2.24, 2.45) is 17.6 Å². The highest BCUT2D eigenvalue weighted by atomic mass is 127. The summed E-state index contributed by atoms with van der Waals surface area (Å²) in [7, 11) is 3.08. The Hall–Kier alpha value is -2.97. The molecule has 7 N–H and O–H groups in total. The van der Waals surface area contributed by atoms with Crippen LogP contribution in [0, 0.1) is 15.4 Å². The maximum Gasteiger partial charge on any atom is 0.255 e. The Balaban J connectivity index is 1.99. The van der Waals surface area contributed by atoms with Crippen LogP contribution in [0.2, 0.25) is 0 Å². The molecule has 1 aromatic rings. The molecule has 0 aliphatic heterocycles. The molecule has 1 aromatic carbocycles. The van der Waals surface area contributed by atoms with Gasteiger partial charge in [0.1, 0.15) is 22.8 Å². The van der Waals surface area contributed by atoms with E-state index in [1.807, 2.05) is 22.6 Å². The lowest BCUT2D eigenvalue weighted by molar-refractivity contribution is -0.153. The first-order valence-corrected chi connectivity index (χ1v) is 11.3. The van der Waals surface area contributed by atoms with E-state index in [0.29, 0.717) is 15.5 Å². The number of likely N-dealkylation sites (N-methyl/N-ethyl adjacent to an activating group) is 1. The van der Waals surface area contributed by atoms with Gasteiger partial charge in [-0.3, -0.25) is 24.1 Å². The van der Waals surface area contributed by atoms with Crippen LogP contribution in [0.5, 0.6) is 5.75 Å². The monoisotopic (exact) mass is 583 g/mol. The van der Waals surface area contributed by atoms with Crippen LogP contribution in [0.1, 0.15) is 17.5 Å². The molecule has 0 spiro atoms. The van der Waals surface area contributed by atoms with E-state index in [2.05, 4.69) is 5.32 Å². The van der Waals surface area contributed by atoms with Crippen molar-refractivity contribution in [2.45, 2.75) is 24.5 Å². The molecule has 1 fully saturated rings. The predicted molar refractivity (Wildman–Crippen MR) is 127 cm³/mol. The number of anilines is 1. The average molecular weight is 583 g/mol. The lowest BCUT2D eigenvalue weighted by Crippen LogP contribution is -2.65. The van der Waals surface area contributed by atoms with Crippen LogP contribution in [-0.4, -0.2) is 74.9 Å². The molecule has 11 nitrogen and oxygen atoms in total. The number of nitrogens with one attached hydrogen (secondary N) is 1. The van der Waals surface area contributed by atoms with Gasteiger partial charge in [0.05, 0.1) is 17.3 Å². The third kappa shape index (κ3) is 3.08. The van der Waals surface area contributed by atoms with Crippen LogP contribution in [0.25, 0.3) is 5.76 Å². The van der Waals surface area contributed by atoms with Crippen molar-refractivity contribution in [3.05, 3.63) is 37.7 Å². The van der Waals surface area contributed by atoms with Gasteiger partial charge in [0, 0.05) is 15.1 Å². The van der Waals surface area contributed by atoms with Gasteiger partial charge in [-0.2, -0.15) is 0 Å². The fourth-order valence-electron chi connectivity index (χ4n) is 5.44. The van der Waals surface area contributed by atoms with Gasteiger partial charge < -0.3 is 31.5 Å². The van der Waals surface area contributed by atoms with Gasteiger partial charge in [-0.1, -0.05) is 0 Å². The Morgan fingerprint density at radius 3 is 2.50 bits per heavy atom. The van der Waals surface area contributed by atoms with Crippen molar-refractivity contribution in [2.75, 3.05) is 19.4 Å². The summed E-state index contributed by atoms with van der Waals surface area (Å²) in [6.45, 7) is 0. The summed E-state index contributed by atoms with van der Waals surface area (Å²) in [5.41, 5.74) is 1.95. The van der Waals surface area contributed by atoms with Gasteiger partial charge in [-0.05, 0) is 67.1 Å². The number of phenolic OH excluding ortho intramolecular Hbond substituents is 1. The summed E-state index contributed by atoms with van der Waals surface area (Å²) in [6.07, 6.45) is 0.541. The normalized spacial score (nSPS) is 28.4. The molecule has 12 heteroatoms. The first-order chi connectivity index (χ1) is 15.9. The minimum atomic E-state index is -2.69. The fraction of sp³-hybridized carbons (Fsp3) is 0.364. The van der Waals surface area contributed by atoms with Crippen LogP contribution < -0.4 is 11.1 Å². The number of aliphatic hydroxyl groups excluding tert-OH is 2. The molecule has 34 heavy (non-hydrogen) atoms. The number of primary amides is 1. The molecule has 180 valence electrons. The second-order valence-electron chi connectivity index (χ2n) is 8.83. The van der Waals surface area contributed by atoms with Gasteiger partial charge in [0.15, 0.2) is 11.4 Å². The molecule has 0 heterocycles. The number of nitrogens with two attached hydrogens (primary N) is 1. The molecule has 2 unspecified atom stereocenters. The minimum Gasteiger partial charge on any atom is -0.508 e. The molecule has 1 saturated carbocycles. The molecule has 2 amide bonds. The molecule has 0 bridgehead atoms. The first-order valence-electron chi connectivity index (χ1n) is 10.3. The summed E-state index contributed by atoms with van der Waals surface area (Å²) in [5, 5.41) is 46.5. The molecule has 4 atom stereocenters. The van der Waals surface area contributed by atoms with Crippen LogP contribution in [0.3, 0.4) is 0 Å². The van der Waals surface area contributed by atoms with Crippen molar-refractivity contribution in [1.29, 1.82) is 0 Å². The van der Waals surface area contributed by atoms with E-state index in [0.717, 1.165) is 0 Å². The van der Waals surface area contributed by atoms with Crippen LogP contribution in [0.4, 0.5) is 5.69 Å². The molecule has 4 rings (SSSR count). The number of amides is 2. The second-order valence-corrected chi connectivity index (χ2v) is 9.99. The van der Waals surface area contributed by atoms with Crippen molar-refractivity contribution in [1.82, 2.24) is 4.90 Å². The number of nitrogens with zero attached hydrogens (tertiary/aromatic N) is 1. The average Bonchev–Trinajstić information content (AvgIpc) is 2.74. The zero-order valence-electron chi connectivity index (χ0n) is 18.1. The number of carbonyl (C=O) groups is 4. The minimum absolute atomic E-state index is 0.0109. The highest BCUT2D eigenvalue weighted by Gasteiger charge is 2.64. The predicted octanol–water partition coefficient (Wildman–Crippen LogP) is 0.137. The van der Waals surface area contributed by atoms with Crippen molar-refractivity contribution in [3.63, 3.8) is 0 Å². The van der Waals surface area contributed by atoms with E-state index in [1.165, 1.54) is 25.1 Å². The third-order valence-electron chi connectivity index (χ3n) is 6.88. The fourth-order valence-corrected chi connectivity index (χ4v) is 6.24. The van der Waals surface area contributed by atoms with Crippen molar-refractivity contribution in [3.8, 4) is 5.75 Å². The quantitative estimate of drug-likeness (QED) is 0.124. The summed E-state index contributed by atoms with van der Waals surface area (Å²) >= 11 is 1.98. The zero-order valence-corrected chi connectivity index (χ0v) is 20.3. The number of hydrogen-bond donors (Lipinski definition) is 6. The number of aromatic hydroxyl groups is 1. The lowest BCUT2D eigenvalue weighted by atomic mass is 9.57. The number of phenols is 1. The summed E-state index contributed by atoms with van der Waals surface area (Å²) in [4.78, 5) is 51.1. The number of ketones is 2. The van der Waals surface area contributed by atoms with Gasteiger partial charge in [0.25, 0.3) is 5.91 Å². The molecular formula is C22H22IN3O8. The number of carbonyl (C=O) groups excluding carboxylic acids is 4. The topological polar surface area (TPSA) is 190 Å².